The molecule has 3 aromatic rings. The maximum absolute atomic E-state index is 14.0. The molecule has 9 heteroatoms. The van der Waals surface area contributed by atoms with Crippen molar-refractivity contribution in [1.29, 1.82) is 0 Å². The van der Waals surface area contributed by atoms with Gasteiger partial charge in [-0.2, -0.15) is 0 Å². The number of imidazole rings is 1. The summed E-state index contributed by atoms with van der Waals surface area (Å²) in [5, 5.41) is 10.4. The molecule has 5 rings (SSSR count). The fourth-order valence-corrected chi connectivity index (χ4v) is 5.26. The number of aryl methyl sites for hydroxylation is 1. The lowest BCUT2D eigenvalue weighted by Gasteiger charge is -2.47. The zero-order valence-electron chi connectivity index (χ0n) is 19.9. The summed E-state index contributed by atoms with van der Waals surface area (Å²) in [6, 6.07) is 6.37. The lowest BCUT2D eigenvalue weighted by molar-refractivity contribution is -0.139. The number of halogens is 3. The molecule has 3 heterocycles. The molecule has 0 unspecified atom stereocenters. The first kappa shape index (κ1) is 24.1. The first-order valence-electron chi connectivity index (χ1n) is 11.8. The third-order valence-electron chi connectivity index (χ3n) is 6.95. The summed E-state index contributed by atoms with van der Waals surface area (Å²) in [4.78, 5) is 19.4. The number of aliphatic hydroxyl groups excluding tert-OH is 1. The van der Waals surface area contributed by atoms with E-state index in [-0.39, 0.29) is 23.9 Å². The Morgan fingerprint density at radius 1 is 1.14 bits per heavy atom. The number of rotatable bonds is 4. The van der Waals surface area contributed by atoms with E-state index in [1.165, 1.54) is 0 Å². The van der Waals surface area contributed by atoms with Gasteiger partial charge in [-0.1, -0.05) is 6.07 Å². The number of fused-ring (bicyclic) bond motifs is 1. The van der Waals surface area contributed by atoms with Crippen molar-refractivity contribution in [3.05, 3.63) is 82.7 Å². The minimum Gasteiger partial charge on any atom is -0.495 e. The van der Waals surface area contributed by atoms with Crippen molar-refractivity contribution in [3.8, 4) is 11.4 Å². The Kier molecular flexibility index (Phi) is 6.34. The van der Waals surface area contributed by atoms with Crippen molar-refractivity contribution in [3.63, 3.8) is 0 Å². The Bertz CT molecular complexity index is 1330. The maximum atomic E-state index is 14.0. The van der Waals surface area contributed by atoms with Gasteiger partial charge in [-0.25, -0.2) is 18.2 Å². The molecule has 1 amide bonds. The van der Waals surface area contributed by atoms with E-state index in [1.54, 1.807) is 24.4 Å². The molecule has 1 N–H and O–H groups in total. The highest BCUT2D eigenvalue weighted by Crippen LogP contribution is 2.41. The minimum atomic E-state index is -1.56. The molecule has 36 heavy (non-hydrogen) atoms. The van der Waals surface area contributed by atoms with E-state index < -0.39 is 29.6 Å². The van der Waals surface area contributed by atoms with Crippen LogP contribution >= 0.6 is 0 Å². The van der Waals surface area contributed by atoms with Crippen LogP contribution in [-0.4, -0.2) is 44.7 Å². The van der Waals surface area contributed by atoms with E-state index >= 15 is 0 Å². The van der Waals surface area contributed by atoms with Gasteiger partial charge in [0.05, 0.1) is 37.0 Å². The smallest absolute Gasteiger partial charge is 0.250 e. The summed E-state index contributed by atoms with van der Waals surface area (Å²) in [5.41, 5.74) is 3.12. The average Bonchev–Trinajstić information content (AvgIpc) is 3.29. The molecule has 2 aromatic carbocycles. The Morgan fingerprint density at radius 3 is 2.56 bits per heavy atom. The predicted molar refractivity (Wildman–Crippen MR) is 127 cm³/mol. The maximum Gasteiger partial charge on any atom is 0.250 e. The van der Waals surface area contributed by atoms with E-state index in [4.69, 9.17) is 4.74 Å². The highest BCUT2D eigenvalue weighted by Gasteiger charge is 2.42. The third kappa shape index (κ3) is 4.39. The van der Waals surface area contributed by atoms with Crippen LogP contribution in [0.4, 0.5) is 13.2 Å². The van der Waals surface area contributed by atoms with Gasteiger partial charge in [0.2, 0.25) is 0 Å². The van der Waals surface area contributed by atoms with E-state index in [0.717, 1.165) is 29.1 Å². The number of nitrogens with zero attached hydrogens (tertiary/aromatic N) is 3. The Balaban J connectivity index is 1.47. The molecule has 188 valence electrons. The predicted octanol–water partition coefficient (Wildman–Crippen LogP) is 4.88. The summed E-state index contributed by atoms with van der Waals surface area (Å²) in [6.07, 6.45) is 6.24. The molecule has 2 saturated heterocycles. The van der Waals surface area contributed by atoms with Crippen LogP contribution < -0.4 is 4.74 Å². The van der Waals surface area contributed by atoms with E-state index in [2.05, 4.69) is 4.98 Å². The molecule has 0 radical (unpaired) electrons. The third-order valence-corrected chi connectivity index (χ3v) is 6.95. The molecule has 1 aromatic heterocycles. The highest BCUT2D eigenvalue weighted by molar-refractivity contribution is 5.99. The van der Waals surface area contributed by atoms with Gasteiger partial charge in [-0.05, 0) is 74.1 Å². The number of ether oxygens (including phenoxy) is 1. The number of methoxy groups -OCH3 is 1. The van der Waals surface area contributed by atoms with Gasteiger partial charge >= 0.3 is 0 Å². The molecule has 0 bridgehead atoms. The number of aromatic nitrogens is 2. The van der Waals surface area contributed by atoms with Gasteiger partial charge in [0.1, 0.15) is 5.75 Å². The Hall–Kier alpha value is -3.59. The molecule has 3 atom stereocenters. The molecule has 0 spiro atoms. The normalized spacial score (nSPS) is 23.2. The fourth-order valence-electron chi connectivity index (χ4n) is 5.26. The zero-order valence-corrected chi connectivity index (χ0v) is 19.9. The Labute approximate surface area is 206 Å². The standard InChI is InChI=1S/C27H26F3N3O3/c1-15-13-32(14-31-15)23-6-3-16(8-25(23)36-2)7-17-4-5-19-11-20(34)12-24(33(19)27(17)35)18-9-21(28)26(30)22(29)10-18/h3,6-10,13-14,19-20,24,34H,4-5,11-12H2,1-2H3/t19-,20+,24+/m0/s1. The van der Waals surface area contributed by atoms with Crippen LogP contribution in [0.1, 0.15) is 48.5 Å². The molecule has 0 aliphatic carbocycles. The molecule has 2 fully saturated rings. The SMILES string of the molecule is COc1cc(C=C2CC[C@H]3C[C@@H](O)C[C@H](c4cc(F)c(F)c(F)c4)N3C2=O)ccc1-n1cnc(C)c1. The van der Waals surface area contributed by atoms with Gasteiger partial charge in [0.15, 0.2) is 17.5 Å². The number of carbonyl (C=O) groups excluding carboxylic acids is 1. The molecule has 0 saturated carbocycles. The number of hydrogen-bond donors (Lipinski definition) is 1. The fraction of sp³-hybridized carbons (Fsp3) is 0.333. The van der Waals surface area contributed by atoms with Crippen molar-refractivity contribution >= 4 is 12.0 Å². The van der Waals surface area contributed by atoms with Crippen LogP contribution in [0.3, 0.4) is 0 Å². The number of carbonyl (C=O) groups is 1. The summed E-state index contributed by atoms with van der Waals surface area (Å²) in [5.74, 6) is -3.84. The summed E-state index contributed by atoms with van der Waals surface area (Å²) < 4.78 is 49.0. The average molecular weight is 498 g/mol. The number of piperidine rings is 2. The van der Waals surface area contributed by atoms with Crippen LogP contribution in [0.5, 0.6) is 5.75 Å². The topological polar surface area (TPSA) is 67.6 Å². The monoisotopic (exact) mass is 497 g/mol. The van der Waals surface area contributed by atoms with Crippen molar-refractivity contribution in [2.24, 2.45) is 0 Å². The lowest BCUT2D eigenvalue weighted by atomic mass is 9.82. The molecule has 2 aliphatic heterocycles. The zero-order chi connectivity index (χ0) is 25.6. The summed E-state index contributed by atoms with van der Waals surface area (Å²) in [7, 11) is 1.57. The second-order valence-corrected chi connectivity index (χ2v) is 9.37. The highest BCUT2D eigenvalue weighted by atomic mass is 19.2. The Morgan fingerprint density at radius 2 is 1.89 bits per heavy atom. The quantitative estimate of drug-likeness (QED) is 0.412. The van der Waals surface area contributed by atoms with Crippen LogP contribution in [0.25, 0.3) is 11.8 Å². The van der Waals surface area contributed by atoms with Gasteiger partial charge < -0.3 is 19.3 Å². The van der Waals surface area contributed by atoms with E-state index in [1.807, 2.05) is 35.9 Å². The summed E-state index contributed by atoms with van der Waals surface area (Å²) >= 11 is 0. The van der Waals surface area contributed by atoms with Crippen LogP contribution in [-0.2, 0) is 4.79 Å². The summed E-state index contributed by atoms with van der Waals surface area (Å²) in [6.45, 7) is 1.89. The van der Waals surface area contributed by atoms with Crippen LogP contribution in [0.15, 0.2) is 48.4 Å². The van der Waals surface area contributed by atoms with E-state index in [9.17, 15) is 23.1 Å². The van der Waals surface area contributed by atoms with Crippen LogP contribution in [0, 0.1) is 24.4 Å². The first-order valence-corrected chi connectivity index (χ1v) is 11.8. The second-order valence-electron chi connectivity index (χ2n) is 9.37. The van der Waals surface area contributed by atoms with Crippen LogP contribution in [0.2, 0.25) is 0 Å². The molecular formula is C27H26F3N3O3. The number of benzene rings is 2. The molecule has 2 aliphatic rings. The minimum absolute atomic E-state index is 0.118. The number of aliphatic hydroxyl groups is 1. The van der Waals surface area contributed by atoms with E-state index in [0.29, 0.717) is 30.6 Å². The number of hydrogen-bond acceptors (Lipinski definition) is 4. The van der Waals surface area contributed by atoms with Gasteiger partial charge in [0.25, 0.3) is 5.91 Å². The van der Waals surface area contributed by atoms with Crippen molar-refractivity contribution < 1.29 is 27.8 Å². The van der Waals surface area contributed by atoms with Gasteiger partial charge in [-0.15, -0.1) is 0 Å². The first-order chi connectivity index (χ1) is 17.2. The van der Waals surface area contributed by atoms with Gasteiger partial charge in [-0.3, -0.25) is 4.79 Å². The van der Waals surface area contributed by atoms with Gasteiger partial charge in [0, 0.05) is 17.8 Å². The number of amides is 1. The van der Waals surface area contributed by atoms with Crippen molar-refractivity contribution in [2.75, 3.05) is 7.11 Å². The van der Waals surface area contributed by atoms with Crippen molar-refractivity contribution in [1.82, 2.24) is 14.5 Å². The second kappa shape index (κ2) is 9.46. The molecular weight excluding hydrogens is 471 g/mol. The van der Waals surface area contributed by atoms with Crippen molar-refractivity contribution in [2.45, 2.75) is 50.8 Å². The largest absolute Gasteiger partial charge is 0.495 e. The lowest BCUT2D eigenvalue weighted by Crippen LogP contribution is -2.52. The molecule has 6 nitrogen and oxygen atoms in total.